The molecule has 0 saturated heterocycles. The zero-order valence-corrected chi connectivity index (χ0v) is 17.9. The zero-order valence-electron chi connectivity index (χ0n) is 17.0. The number of phenols is 2. The van der Waals surface area contributed by atoms with Crippen molar-refractivity contribution in [1.29, 1.82) is 0 Å². The van der Waals surface area contributed by atoms with Crippen LogP contribution in [0.2, 0.25) is 0 Å². The monoisotopic (exact) mass is 434 g/mol. The Balaban J connectivity index is 1.47. The van der Waals surface area contributed by atoms with Gasteiger partial charge in [0.25, 0.3) is 0 Å². The third-order valence-electron chi connectivity index (χ3n) is 5.42. The van der Waals surface area contributed by atoms with Gasteiger partial charge in [0.05, 0.1) is 17.3 Å². The van der Waals surface area contributed by atoms with Crippen molar-refractivity contribution in [2.24, 2.45) is 0 Å². The number of phenolic OH excluding ortho intramolecular Hbond substituents is 2. The molecule has 0 atom stereocenters. The van der Waals surface area contributed by atoms with E-state index in [1.54, 1.807) is 36.6 Å². The first kappa shape index (κ1) is 19.7. The van der Waals surface area contributed by atoms with Gasteiger partial charge >= 0.3 is 0 Å². The molecule has 2 heterocycles. The molecule has 0 amide bonds. The molecule has 0 unspecified atom stereocenters. The van der Waals surface area contributed by atoms with Crippen molar-refractivity contribution < 1.29 is 19.7 Å². The van der Waals surface area contributed by atoms with Gasteiger partial charge in [0.1, 0.15) is 23.1 Å². The number of hydrogen-bond donors (Lipinski definition) is 2. The van der Waals surface area contributed by atoms with Crippen LogP contribution >= 0.6 is 11.3 Å². The first-order chi connectivity index (χ1) is 15.1. The Morgan fingerprint density at radius 1 is 1.10 bits per heavy atom. The van der Waals surface area contributed by atoms with E-state index in [1.807, 2.05) is 36.4 Å². The standard InChI is InChI=1S/C24H22N2O4S/c1-29-18-6-7-20(27)16(11-18)13-26-8-9-30-23-17(14-26)10-15(12-21(23)28)24-25-19-4-2-3-5-22(19)31-24/h2-7,10-12,27-28H,8-9,13-14H2,1H3. The fourth-order valence-electron chi connectivity index (χ4n) is 3.86. The second kappa shape index (κ2) is 8.09. The van der Waals surface area contributed by atoms with Crippen molar-refractivity contribution in [2.45, 2.75) is 13.1 Å². The minimum atomic E-state index is 0.123. The highest BCUT2D eigenvalue weighted by atomic mass is 32.1. The molecule has 3 aromatic carbocycles. The van der Waals surface area contributed by atoms with E-state index in [0.717, 1.165) is 31.9 Å². The van der Waals surface area contributed by atoms with Crippen LogP contribution in [-0.2, 0) is 13.1 Å². The average Bonchev–Trinajstić information content (AvgIpc) is 3.10. The molecule has 31 heavy (non-hydrogen) atoms. The predicted octanol–water partition coefficient (Wildman–Crippen LogP) is 4.78. The van der Waals surface area contributed by atoms with Crippen LogP contribution in [0, 0.1) is 0 Å². The molecule has 0 aliphatic carbocycles. The molecule has 0 bridgehead atoms. The van der Waals surface area contributed by atoms with E-state index in [4.69, 9.17) is 14.5 Å². The lowest BCUT2D eigenvalue weighted by molar-refractivity contribution is 0.215. The van der Waals surface area contributed by atoms with E-state index in [1.165, 1.54) is 0 Å². The Bertz CT molecular complexity index is 1220. The minimum Gasteiger partial charge on any atom is -0.508 e. The number of nitrogens with zero attached hydrogens (tertiary/aromatic N) is 2. The van der Waals surface area contributed by atoms with Crippen LogP contribution < -0.4 is 9.47 Å². The van der Waals surface area contributed by atoms with Crippen LogP contribution in [0.4, 0.5) is 0 Å². The summed E-state index contributed by atoms with van der Waals surface area (Å²) in [4.78, 5) is 6.90. The SMILES string of the molecule is COc1ccc(O)c(CN2CCOc3c(O)cc(-c4nc5ccccc5s4)cc3C2)c1. The van der Waals surface area contributed by atoms with E-state index < -0.39 is 0 Å². The quantitative estimate of drug-likeness (QED) is 0.482. The normalized spacial score (nSPS) is 14.1. The maximum atomic E-state index is 10.7. The second-order valence-corrected chi connectivity index (χ2v) is 8.55. The van der Waals surface area contributed by atoms with Crippen LogP contribution in [0.15, 0.2) is 54.6 Å². The van der Waals surface area contributed by atoms with Gasteiger partial charge in [0.15, 0.2) is 11.5 Å². The Kier molecular flexibility index (Phi) is 5.13. The lowest BCUT2D eigenvalue weighted by Crippen LogP contribution is -2.25. The van der Waals surface area contributed by atoms with Gasteiger partial charge in [-0.05, 0) is 42.5 Å². The number of ether oxygens (including phenoxy) is 2. The summed E-state index contributed by atoms with van der Waals surface area (Å²) in [6.45, 7) is 2.24. The highest BCUT2D eigenvalue weighted by Gasteiger charge is 2.21. The summed E-state index contributed by atoms with van der Waals surface area (Å²) in [5.74, 6) is 1.58. The first-order valence-corrected chi connectivity index (χ1v) is 10.9. The smallest absolute Gasteiger partial charge is 0.165 e. The van der Waals surface area contributed by atoms with E-state index in [0.29, 0.717) is 37.7 Å². The number of para-hydroxylation sites is 1. The van der Waals surface area contributed by atoms with Crippen LogP contribution in [0.25, 0.3) is 20.8 Å². The maximum Gasteiger partial charge on any atom is 0.165 e. The molecule has 0 fully saturated rings. The molecule has 7 heteroatoms. The fourth-order valence-corrected chi connectivity index (χ4v) is 4.82. The Morgan fingerprint density at radius 2 is 1.97 bits per heavy atom. The summed E-state index contributed by atoms with van der Waals surface area (Å²) < 4.78 is 12.3. The van der Waals surface area contributed by atoms with E-state index in [9.17, 15) is 10.2 Å². The van der Waals surface area contributed by atoms with Gasteiger partial charge in [0, 0.05) is 36.3 Å². The molecule has 0 radical (unpaired) electrons. The Labute approximate surface area is 183 Å². The number of hydrogen-bond acceptors (Lipinski definition) is 7. The van der Waals surface area contributed by atoms with Crippen LogP contribution in [-0.4, -0.2) is 40.4 Å². The van der Waals surface area contributed by atoms with E-state index in [-0.39, 0.29) is 11.5 Å². The van der Waals surface area contributed by atoms with Crippen molar-refractivity contribution in [3.63, 3.8) is 0 Å². The number of aromatic nitrogens is 1. The number of thiazole rings is 1. The minimum absolute atomic E-state index is 0.123. The molecular formula is C24H22N2O4S. The lowest BCUT2D eigenvalue weighted by Gasteiger charge is -2.20. The van der Waals surface area contributed by atoms with Crippen molar-refractivity contribution >= 4 is 21.6 Å². The van der Waals surface area contributed by atoms with Crippen molar-refractivity contribution in [1.82, 2.24) is 9.88 Å². The largest absolute Gasteiger partial charge is 0.508 e. The molecule has 1 aliphatic rings. The number of fused-ring (bicyclic) bond motifs is 2. The molecule has 5 rings (SSSR count). The number of rotatable bonds is 4. The van der Waals surface area contributed by atoms with Crippen LogP contribution in [0.1, 0.15) is 11.1 Å². The van der Waals surface area contributed by atoms with Gasteiger partial charge in [-0.3, -0.25) is 4.90 Å². The van der Waals surface area contributed by atoms with Gasteiger partial charge in [-0.1, -0.05) is 12.1 Å². The molecule has 6 nitrogen and oxygen atoms in total. The molecule has 1 aliphatic heterocycles. The predicted molar refractivity (Wildman–Crippen MR) is 121 cm³/mol. The van der Waals surface area contributed by atoms with Gasteiger partial charge in [-0.15, -0.1) is 11.3 Å². The topological polar surface area (TPSA) is 75.1 Å². The average molecular weight is 435 g/mol. The summed E-state index contributed by atoms with van der Waals surface area (Å²) >= 11 is 1.60. The zero-order chi connectivity index (χ0) is 21.4. The second-order valence-electron chi connectivity index (χ2n) is 7.52. The van der Waals surface area contributed by atoms with Gasteiger partial charge in [0.2, 0.25) is 0 Å². The van der Waals surface area contributed by atoms with Crippen LogP contribution in [0.3, 0.4) is 0 Å². The van der Waals surface area contributed by atoms with Gasteiger partial charge in [-0.2, -0.15) is 0 Å². The summed E-state index contributed by atoms with van der Waals surface area (Å²) in [6.07, 6.45) is 0. The molecular weight excluding hydrogens is 412 g/mol. The molecule has 2 N–H and O–H groups in total. The summed E-state index contributed by atoms with van der Waals surface area (Å²) in [6, 6.07) is 17.0. The van der Waals surface area contributed by atoms with E-state index >= 15 is 0 Å². The molecule has 158 valence electrons. The van der Waals surface area contributed by atoms with Crippen molar-refractivity contribution in [2.75, 3.05) is 20.3 Å². The third kappa shape index (κ3) is 3.89. The molecule has 0 saturated carbocycles. The summed E-state index contributed by atoms with van der Waals surface area (Å²) in [5, 5.41) is 21.8. The van der Waals surface area contributed by atoms with Crippen LogP contribution in [0.5, 0.6) is 23.0 Å². The molecule has 4 aromatic rings. The number of aromatic hydroxyl groups is 2. The number of methoxy groups -OCH3 is 1. The first-order valence-electron chi connectivity index (χ1n) is 10.0. The molecule has 1 aromatic heterocycles. The Hall–Kier alpha value is -3.29. The Morgan fingerprint density at radius 3 is 2.81 bits per heavy atom. The summed E-state index contributed by atoms with van der Waals surface area (Å²) in [7, 11) is 1.61. The summed E-state index contributed by atoms with van der Waals surface area (Å²) in [5.41, 5.74) is 3.50. The highest BCUT2D eigenvalue weighted by Crippen LogP contribution is 2.40. The van der Waals surface area contributed by atoms with Crippen molar-refractivity contribution in [3.8, 4) is 33.6 Å². The highest BCUT2D eigenvalue weighted by molar-refractivity contribution is 7.21. The van der Waals surface area contributed by atoms with Gasteiger partial charge < -0.3 is 19.7 Å². The lowest BCUT2D eigenvalue weighted by atomic mass is 10.1. The number of benzene rings is 3. The fraction of sp³-hybridized carbons (Fsp3) is 0.208. The molecule has 0 spiro atoms. The van der Waals surface area contributed by atoms with E-state index in [2.05, 4.69) is 4.90 Å². The van der Waals surface area contributed by atoms with Gasteiger partial charge in [-0.25, -0.2) is 4.98 Å². The van der Waals surface area contributed by atoms with Crippen molar-refractivity contribution in [3.05, 3.63) is 65.7 Å². The maximum absolute atomic E-state index is 10.7. The third-order valence-corrected chi connectivity index (χ3v) is 6.50.